The highest BCUT2D eigenvalue weighted by molar-refractivity contribution is 5.87. The van der Waals surface area contributed by atoms with Crippen LogP contribution in [0, 0.1) is 5.92 Å². The number of carbonyl (C=O) groups is 2. The summed E-state index contributed by atoms with van der Waals surface area (Å²) in [7, 11) is 0. The maximum atomic E-state index is 12.2. The van der Waals surface area contributed by atoms with Gasteiger partial charge in [-0.1, -0.05) is 33.1 Å². The molecule has 1 aliphatic carbocycles. The molecule has 25 heavy (non-hydrogen) atoms. The molecule has 0 radical (unpaired) electrons. The molecule has 0 unspecified atom stereocenters. The van der Waals surface area contributed by atoms with Crippen LogP contribution in [0.5, 0.6) is 0 Å². The van der Waals surface area contributed by atoms with Gasteiger partial charge in [0.2, 0.25) is 11.8 Å². The SMILES string of the molecule is CC(C)[C@H](N)C(=O)NCC(=O)NCC1(N2CCOCC2)CCCCC1. The quantitative estimate of drug-likeness (QED) is 0.608. The van der Waals surface area contributed by atoms with Gasteiger partial charge in [-0.2, -0.15) is 0 Å². The number of nitrogens with zero attached hydrogens (tertiary/aromatic N) is 1. The summed E-state index contributed by atoms with van der Waals surface area (Å²) >= 11 is 0. The van der Waals surface area contributed by atoms with Crippen LogP contribution in [-0.4, -0.2) is 67.7 Å². The highest BCUT2D eigenvalue weighted by Gasteiger charge is 2.38. The van der Waals surface area contributed by atoms with Gasteiger partial charge in [0.15, 0.2) is 0 Å². The Hall–Kier alpha value is -1.18. The first-order valence-electron chi connectivity index (χ1n) is 9.57. The van der Waals surface area contributed by atoms with Gasteiger partial charge in [0.1, 0.15) is 0 Å². The van der Waals surface area contributed by atoms with Gasteiger partial charge in [0.25, 0.3) is 0 Å². The zero-order valence-electron chi connectivity index (χ0n) is 15.7. The Morgan fingerprint density at radius 2 is 1.76 bits per heavy atom. The van der Waals surface area contributed by atoms with Gasteiger partial charge < -0.3 is 21.1 Å². The van der Waals surface area contributed by atoms with Crippen LogP contribution in [0.15, 0.2) is 0 Å². The first-order chi connectivity index (χ1) is 11.9. The molecule has 7 nitrogen and oxygen atoms in total. The number of hydrogen-bond acceptors (Lipinski definition) is 5. The Morgan fingerprint density at radius 1 is 1.12 bits per heavy atom. The van der Waals surface area contributed by atoms with Crippen molar-refractivity contribution in [3.63, 3.8) is 0 Å². The zero-order chi connectivity index (χ0) is 18.3. The minimum absolute atomic E-state index is 0.0154. The van der Waals surface area contributed by atoms with Crippen molar-refractivity contribution >= 4 is 11.8 Å². The van der Waals surface area contributed by atoms with Crippen molar-refractivity contribution in [3.8, 4) is 0 Å². The molecule has 2 amide bonds. The molecule has 0 aromatic heterocycles. The number of nitrogens with one attached hydrogen (secondary N) is 2. The van der Waals surface area contributed by atoms with E-state index in [0.717, 1.165) is 39.1 Å². The first kappa shape index (κ1) is 20.1. The monoisotopic (exact) mass is 354 g/mol. The highest BCUT2D eigenvalue weighted by atomic mass is 16.5. The average Bonchev–Trinajstić information content (AvgIpc) is 2.65. The van der Waals surface area contributed by atoms with Crippen molar-refractivity contribution in [3.05, 3.63) is 0 Å². The van der Waals surface area contributed by atoms with Gasteiger partial charge in [-0.05, 0) is 18.8 Å². The van der Waals surface area contributed by atoms with E-state index >= 15 is 0 Å². The summed E-state index contributed by atoms with van der Waals surface area (Å²) in [4.78, 5) is 26.6. The van der Waals surface area contributed by atoms with E-state index in [9.17, 15) is 9.59 Å². The van der Waals surface area contributed by atoms with E-state index in [4.69, 9.17) is 10.5 Å². The van der Waals surface area contributed by atoms with Crippen molar-refractivity contribution in [1.82, 2.24) is 15.5 Å². The van der Waals surface area contributed by atoms with Crippen LogP contribution >= 0.6 is 0 Å². The Labute approximate surface area is 151 Å². The van der Waals surface area contributed by atoms with E-state index < -0.39 is 6.04 Å². The van der Waals surface area contributed by atoms with Gasteiger partial charge in [-0.3, -0.25) is 14.5 Å². The molecular weight excluding hydrogens is 320 g/mol. The van der Waals surface area contributed by atoms with Crippen LogP contribution in [0.3, 0.4) is 0 Å². The predicted molar refractivity (Wildman–Crippen MR) is 97.0 cm³/mol. The molecule has 2 aliphatic rings. The van der Waals surface area contributed by atoms with E-state index in [2.05, 4.69) is 15.5 Å². The summed E-state index contributed by atoms with van der Waals surface area (Å²) in [6, 6.07) is -0.578. The molecule has 7 heteroatoms. The summed E-state index contributed by atoms with van der Waals surface area (Å²) in [5.41, 5.74) is 5.83. The van der Waals surface area contributed by atoms with Crippen molar-refractivity contribution in [2.75, 3.05) is 39.4 Å². The van der Waals surface area contributed by atoms with Gasteiger partial charge in [-0.15, -0.1) is 0 Å². The summed E-state index contributed by atoms with van der Waals surface area (Å²) in [5.74, 6) is -0.372. The molecular formula is C18H34N4O3. The van der Waals surface area contributed by atoms with Crippen molar-refractivity contribution in [2.45, 2.75) is 57.5 Å². The molecule has 0 spiro atoms. The van der Waals surface area contributed by atoms with E-state index in [1.54, 1.807) is 0 Å². The maximum absolute atomic E-state index is 12.2. The fourth-order valence-corrected chi connectivity index (χ4v) is 3.77. The molecule has 4 N–H and O–H groups in total. The van der Waals surface area contributed by atoms with Gasteiger partial charge >= 0.3 is 0 Å². The molecule has 2 rings (SSSR count). The lowest BCUT2D eigenvalue weighted by atomic mass is 9.79. The van der Waals surface area contributed by atoms with Gasteiger partial charge in [0.05, 0.1) is 25.8 Å². The number of rotatable bonds is 7. The number of nitrogens with two attached hydrogens (primary N) is 1. The lowest BCUT2D eigenvalue weighted by Gasteiger charge is -2.48. The average molecular weight is 354 g/mol. The smallest absolute Gasteiger partial charge is 0.239 e. The van der Waals surface area contributed by atoms with Crippen LogP contribution in [0.1, 0.15) is 46.0 Å². The summed E-state index contributed by atoms with van der Waals surface area (Å²) in [5, 5.41) is 5.67. The second kappa shape index (κ2) is 9.50. The summed E-state index contributed by atoms with van der Waals surface area (Å²) in [6.07, 6.45) is 5.89. The molecule has 0 bridgehead atoms. The molecule has 1 saturated carbocycles. The first-order valence-corrected chi connectivity index (χ1v) is 9.57. The van der Waals surface area contributed by atoms with Gasteiger partial charge in [0, 0.05) is 25.2 Å². The highest BCUT2D eigenvalue weighted by Crippen LogP contribution is 2.33. The van der Waals surface area contributed by atoms with E-state index in [1.165, 1.54) is 19.3 Å². The number of ether oxygens (including phenoxy) is 1. The number of amides is 2. The van der Waals surface area contributed by atoms with Crippen LogP contribution in [0.4, 0.5) is 0 Å². The molecule has 1 aliphatic heterocycles. The lowest BCUT2D eigenvalue weighted by molar-refractivity contribution is -0.127. The van der Waals surface area contributed by atoms with Crippen molar-refractivity contribution in [1.29, 1.82) is 0 Å². The minimum atomic E-state index is -0.578. The molecule has 2 fully saturated rings. The van der Waals surface area contributed by atoms with Crippen molar-refractivity contribution < 1.29 is 14.3 Å². The minimum Gasteiger partial charge on any atom is -0.379 e. The third-order valence-corrected chi connectivity index (χ3v) is 5.52. The summed E-state index contributed by atoms with van der Waals surface area (Å²) < 4.78 is 5.48. The van der Waals surface area contributed by atoms with E-state index in [-0.39, 0.29) is 29.8 Å². The van der Waals surface area contributed by atoms with Crippen LogP contribution in [-0.2, 0) is 14.3 Å². The van der Waals surface area contributed by atoms with Crippen molar-refractivity contribution in [2.24, 2.45) is 11.7 Å². The Morgan fingerprint density at radius 3 is 2.36 bits per heavy atom. The Kier molecular flexibility index (Phi) is 7.65. The normalized spacial score (nSPS) is 22.4. The number of hydrogen-bond donors (Lipinski definition) is 3. The fraction of sp³-hybridized carbons (Fsp3) is 0.889. The second-order valence-corrected chi connectivity index (χ2v) is 7.65. The summed E-state index contributed by atoms with van der Waals surface area (Å²) in [6.45, 7) is 7.78. The Bertz CT molecular complexity index is 444. The molecule has 1 heterocycles. The van der Waals surface area contributed by atoms with E-state index in [0.29, 0.717) is 6.54 Å². The molecule has 144 valence electrons. The Balaban J connectivity index is 1.83. The largest absolute Gasteiger partial charge is 0.379 e. The van der Waals surface area contributed by atoms with Crippen LogP contribution in [0.25, 0.3) is 0 Å². The third-order valence-electron chi connectivity index (χ3n) is 5.52. The zero-order valence-corrected chi connectivity index (χ0v) is 15.7. The standard InChI is InChI=1S/C18H34N4O3/c1-14(2)16(19)17(24)20-12-15(23)21-13-18(6-4-3-5-7-18)22-8-10-25-11-9-22/h14,16H,3-13,19H2,1-2H3,(H,20,24)(H,21,23)/t16-/m0/s1. The molecule has 0 aromatic rings. The number of carbonyl (C=O) groups excluding carboxylic acids is 2. The molecule has 0 aromatic carbocycles. The fourth-order valence-electron chi connectivity index (χ4n) is 3.77. The number of morpholine rings is 1. The topological polar surface area (TPSA) is 96.7 Å². The molecule has 1 saturated heterocycles. The van der Waals surface area contributed by atoms with Crippen LogP contribution in [0.2, 0.25) is 0 Å². The molecule has 1 atom stereocenters. The second-order valence-electron chi connectivity index (χ2n) is 7.65. The van der Waals surface area contributed by atoms with Gasteiger partial charge in [-0.25, -0.2) is 0 Å². The predicted octanol–water partition coefficient (Wildman–Crippen LogP) is 0.237. The lowest BCUT2D eigenvalue weighted by Crippen LogP contribution is -2.60. The maximum Gasteiger partial charge on any atom is 0.239 e. The van der Waals surface area contributed by atoms with Crippen LogP contribution < -0.4 is 16.4 Å². The van der Waals surface area contributed by atoms with E-state index in [1.807, 2.05) is 13.8 Å². The third kappa shape index (κ3) is 5.66.